The fourth-order valence-corrected chi connectivity index (χ4v) is 2.90. The molecule has 1 aliphatic heterocycles. The summed E-state index contributed by atoms with van der Waals surface area (Å²) < 4.78 is 5.34. The number of hydrogen-bond donors (Lipinski definition) is 1. The summed E-state index contributed by atoms with van der Waals surface area (Å²) in [4.78, 5) is 8.55. The van der Waals surface area contributed by atoms with Crippen LogP contribution in [0.3, 0.4) is 0 Å². The van der Waals surface area contributed by atoms with Crippen molar-refractivity contribution in [2.75, 3.05) is 25.1 Å². The Morgan fingerprint density at radius 3 is 3.00 bits per heavy atom. The molecule has 1 saturated heterocycles. The summed E-state index contributed by atoms with van der Waals surface area (Å²) in [5, 5.41) is 5.13. The highest BCUT2D eigenvalue weighted by Crippen LogP contribution is 2.33. The van der Waals surface area contributed by atoms with Crippen molar-refractivity contribution < 1.29 is 4.74 Å². The van der Waals surface area contributed by atoms with Crippen molar-refractivity contribution in [3.8, 4) is 0 Å². The molecule has 0 spiro atoms. The molecule has 1 aliphatic rings. The summed E-state index contributed by atoms with van der Waals surface area (Å²) in [6, 6.07) is 0. The van der Waals surface area contributed by atoms with Crippen LogP contribution in [0.25, 0.3) is 0 Å². The van der Waals surface area contributed by atoms with E-state index in [-0.39, 0.29) is 0 Å². The highest BCUT2D eigenvalue weighted by molar-refractivity contribution is 8.00. The van der Waals surface area contributed by atoms with E-state index in [0.717, 1.165) is 37.6 Å². The second-order valence-corrected chi connectivity index (χ2v) is 5.50. The lowest BCUT2D eigenvalue weighted by Gasteiger charge is -2.21. The Labute approximate surface area is 111 Å². The lowest BCUT2D eigenvalue weighted by atomic mass is 10.2. The van der Waals surface area contributed by atoms with Crippen LogP contribution >= 0.6 is 23.4 Å². The molecule has 0 bridgehead atoms. The first-order valence-electron chi connectivity index (χ1n) is 5.80. The molecule has 0 atom stereocenters. The van der Waals surface area contributed by atoms with E-state index in [2.05, 4.69) is 15.3 Å². The first kappa shape index (κ1) is 12.9. The van der Waals surface area contributed by atoms with Gasteiger partial charge < -0.3 is 10.1 Å². The van der Waals surface area contributed by atoms with Crippen molar-refractivity contribution in [2.24, 2.45) is 0 Å². The second-order valence-electron chi connectivity index (χ2n) is 3.81. The Morgan fingerprint density at radius 1 is 1.53 bits per heavy atom. The number of hydrogen-bond acceptors (Lipinski definition) is 5. The molecular formula is C11H16ClN3OS. The molecular weight excluding hydrogens is 258 g/mol. The standard InChI is InChI=1S/C11H16ClN3OS/c1-2-13-11-14-7-9(12)10(15-11)17-8-3-5-16-6-4-8/h7-8H,2-6H2,1H3,(H,13,14,15). The predicted molar refractivity (Wildman–Crippen MR) is 70.9 cm³/mol. The number of anilines is 1. The van der Waals surface area contributed by atoms with Gasteiger partial charge in [-0.25, -0.2) is 9.97 Å². The Balaban J connectivity index is 2.04. The van der Waals surface area contributed by atoms with E-state index in [1.807, 2.05) is 6.92 Å². The van der Waals surface area contributed by atoms with Crippen molar-refractivity contribution in [1.82, 2.24) is 9.97 Å². The monoisotopic (exact) mass is 273 g/mol. The van der Waals surface area contributed by atoms with Gasteiger partial charge in [0.05, 0.1) is 11.2 Å². The van der Waals surface area contributed by atoms with Gasteiger partial charge in [0.2, 0.25) is 5.95 Å². The largest absolute Gasteiger partial charge is 0.381 e. The van der Waals surface area contributed by atoms with E-state index in [0.29, 0.717) is 16.2 Å². The van der Waals surface area contributed by atoms with Crippen LogP contribution in [-0.4, -0.2) is 35.0 Å². The maximum absolute atomic E-state index is 6.11. The molecule has 94 valence electrons. The molecule has 6 heteroatoms. The van der Waals surface area contributed by atoms with Gasteiger partial charge in [0, 0.05) is 25.0 Å². The van der Waals surface area contributed by atoms with E-state index in [4.69, 9.17) is 16.3 Å². The fourth-order valence-electron chi connectivity index (χ4n) is 1.63. The molecule has 0 unspecified atom stereocenters. The number of thioether (sulfide) groups is 1. The Kier molecular flexibility index (Phi) is 4.88. The molecule has 1 fully saturated rings. The number of nitrogens with one attached hydrogen (secondary N) is 1. The molecule has 1 aromatic heterocycles. The van der Waals surface area contributed by atoms with E-state index < -0.39 is 0 Å². The molecule has 0 aliphatic carbocycles. The Bertz CT molecular complexity index is 372. The smallest absolute Gasteiger partial charge is 0.223 e. The van der Waals surface area contributed by atoms with Gasteiger partial charge in [0.25, 0.3) is 0 Å². The summed E-state index contributed by atoms with van der Waals surface area (Å²) in [6.45, 7) is 4.49. The normalized spacial score (nSPS) is 17.1. The first-order chi connectivity index (χ1) is 8.29. The lowest BCUT2D eigenvalue weighted by molar-refractivity contribution is 0.1000. The van der Waals surface area contributed by atoms with Crippen LogP contribution in [0.5, 0.6) is 0 Å². The van der Waals surface area contributed by atoms with E-state index in [1.54, 1.807) is 18.0 Å². The van der Waals surface area contributed by atoms with Gasteiger partial charge in [-0.3, -0.25) is 0 Å². The molecule has 17 heavy (non-hydrogen) atoms. The Morgan fingerprint density at radius 2 is 2.29 bits per heavy atom. The maximum atomic E-state index is 6.11. The molecule has 0 aromatic carbocycles. The van der Waals surface area contributed by atoms with Crippen LogP contribution in [0, 0.1) is 0 Å². The van der Waals surface area contributed by atoms with E-state index in [1.165, 1.54) is 0 Å². The molecule has 2 rings (SSSR count). The highest BCUT2D eigenvalue weighted by atomic mass is 35.5. The van der Waals surface area contributed by atoms with Gasteiger partial charge in [-0.05, 0) is 19.8 Å². The van der Waals surface area contributed by atoms with Crippen molar-refractivity contribution in [1.29, 1.82) is 0 Å². The minimum atomic E-state index is 0.547. The maximum Gasteiger partial charge on any atom is 0.223 e. The minimum absolute atomic E-state index is 0.547. The average molecular weight is 274 g/mol. The molecule has 2 heterocycles. The quantitative estimate of drug-likeness (QED) is 0.855. The zero-order valence-corrected chi connectivity index (χ0v) is 11.4. The number of rotatable bonds is 4. The van der Waals surface area contributed by atoms with Crippen LogP contribution in [0.4, 0.5) is 5.95 Å². The summed E-state index contributed by atoms with van der Waals surface area (Å²) in [7, 11) is 0. The zero-order chi connectivity index (χ0) is 12.1. The fraction of sp³-hybridized carbons (Fsp3) is 0.636. The highest BCUT2D eigenvalue weighted by Gasteiger charge is 2.17. The van der Waals surface area contributed by atoms with Gasteiger partial charge in [-0.2, -0.15) is 0 Å². The van der Waals surface area contributed by atoms with E-state index >= 15 is 0 Å². The van der Waals surface area contributed by atoms with Crippen LogP contribution in [0.1, 0.15) is 19.8 Å². The molecule has 4 nitrogen and oxygen atoms in total. The van der Waals surface area contributed by atoms with Gasteiger partial charge in [0.1, 0.15) is 5.03 Å². The second kappa shape index (κ2) is 6.42. The van der Waals surface area contributed by atoms with Crippen LogP contribution in [0.15, 0.2) is 11.2 Å². The third-order valence-corrected chi connectivity index (χ3v) is 4.22. The number of aromatic nitrogens is 2. The average Bonchev–Trinajstić information content (AvgIpc) is 2.35. The van der Waals surface area contributed by atoms with E-state index in [9.17, 15) is 0 Å². The van der Waals surface area contributed by atoms with Gasteiger partial charge in [-0.15, -0.1) is 11.8 Å². The van der Waals surface area contributed by atoms with Crippen LogP contribution < -0.4 is 5.32 Å². The lowest BCUT2D eigenvalue weighted by Crippen LogP contribution is -2.17. The minimum Gasteiger partial charge on any atom is -0.381 e. The number of nitrogens with zero attached hydrogens (tertiary/aromatic N) is 2. The number of halogens is 1. The topological polar surface area (TPSA) is 47.0 Å². The van der Waals surface area contributed by atoms with Gasteiger partial charge in [-0.1, -0.05) is 11.6 Å². The van der Waals surface area contributed by atoms with Gasteiger partial charge >= 0.3 is 0 Å². The first-order valence-corrected chi connectivity index (χ1v) is 7.06. The Hall–Kier alpha value is -0.520. The SMILES string of the molecule is CCNc1ncc(Cl)c(SC2CCOCC2)n1. The summed E-state index contributed by atoms with van der Waals surface area (Å²) in [5.41, 5.74) is 0. The molecule has 1 aromatic rings. The summed E-state index contributed by atoms with van der Waals surface area (Å²) >= 11 is 7.84. The summed E-state index contributed by atoms with van der Waals surface area (Å²) in [6.07, 6.45) is 3.78. The molecule has 0 saturated carbocycles. The van der Waals surface area contributed by atoms with Crippen molar-refractivity contribution in [2.45, 2.75) is 30.0 Å². The van der Waals surface area contributed by atoms with Crippen LogP contribution in [0.2, 0.25) is 5.02 Å². The van der Waals surface area contributed by atoms with Crippen molar-refractivity contribution in [3.05, 3.63) is 11.2 Å². The molecule has 0 radical (unpaired) electrons. The number of ether oxygens (including phenoxy) is 1. The molecule has 0 amide bonds. The van der Waals surface area contributed by atoms with Crippen LogP contribution in [-0.2, 0) is 4.74 Å². The van der Waals surface area contributed by atoms with Crippen molar-refractivity contribution >= 4 is 29.3 Å². The third kappa shape index (κ3) is 3.72. The van der Waals surface area contributed by atoms with Crippen molar-refractivity contribution in [3.63, 3.8) is 0 Å². The zero-order valence-electron chi connectivity index (χ0n) is 9.78. The predicted octanol–water partition coefficient (Wildman–Crippen LogP) is 2.83. The molecule has 1 N–H and O–H groups in total. The summed E-state index contributed by atoms with van der Waals surface area (Å²) in [5.74, 6) is 0.645. The third-order valence-electron chi connectivity index (χ3n) is 2.49. The van der Waals surface area contributed by atoms with Gasteiger partial charge in [0.15, 0.2) is 0 Å².